The first-order valence-electron chi connectivity index (χ1n) is 9.82. The zero-order valence-electron chi connectivity index (χ0n) is 16.5. The molecule has 1 aromatic carbocycles. The molecule has 2 saturated heterocycles. The Bertz CT molecular complexity index is 572. The third-order valence-corrected chi connectivity index (χ3v) is 4.98. The van der Waals surface area contributed by atoms with E-state index in [0.717, 1.165) is 51.9 Å². The van der Waals surface area contributed by atoms with Gasteiger partial charge in [0.05, 0.1) is 31.9 Å². The van der Waals surface area contributed by atoms with Crippen molar-refractivity contribution in [2.75, 3.05) is 52.5 Å². The maximum Gasteiger partial charge on any atom is 0.194 e. The van der Waals surface area contributed by atoms with Crippen LogP contribution in [-0.2, 0) is 16.0 Å². The van der Waals surface area contributed by atoms with Crippen LogP contribution >= 0.6 is 24.0 Å². The first kappa shape index (κ1) is 22.4. The largest absolute Gasteiger partial charge is 0.380 e. The summed E-state index contributed by atoms with van der Waals surface area (Å²) in [6.07, 6.45) is 0.253. The van der Waals surface area contributed by atoms with Gasteiger partial charge >= 0.3 is 0 Å². The highest BCUT2D eigenvalue weighted by atomic mass is 127. The maximum absolute atomic E-state index is 6.08. The number of ether oxygens (including phenoxy) is 2. The molecule has 0 bridgehead atoms. The summed E-state index contributed by atoms with van der Waals surface area (Å²) in [5.74, 6) is 0.977. The topological polar surface area (TPSA) is 49.3 Å². The number of guanidine groups is 1. The first-order chi connectivity index (χ1) is 12.8. The fourth-order valence-corrected chi connectivity index (χ4v) is 3.73. The van der Waals surface area contributed by atoms with E-state index in [2.05, 4.69) is 52.4 Å². The van der Waals surface area contributed by atoms with Crippen LogP contribution in [0.4, 0.5) is 0 Å². The number of halogens is 1. The number of hydrogen-bond acceptors (Lipinski definition) is 4. The fourth-order valence-electron chi connectivity index (χ4n) is 3.73. The Kier molecular flexibility index (Phi) is 9.81. The molecule has 2 aliphatic rings. The van der Waals surface area contributed by atoms with Gasteiger partial charge in [-0.3, -0.25) is 9.89 Å². The van der Waals surface area contributed by atoms with Gasteiger partial charge in [0.1, 0.15) is 0 Å². The van der Waals surface area contributed by atoms with Crippen LogP contribution in [0.3, 0.4) is 0 Å². The van der Waals surface area contributed by atoms with Gasteiger partial charge in [0, 0.05) is 39.3 Å². The fraction of sp³-hybridized carbons (Fsp3) is 0.650. The number of rotatable bonds is 7. The Labute approximate surface area is 180 Å². The van der Waals surface area contributed by atoms with Crippen molar-refractivity contribution in [3.05, 3.63) is 35.9 Å². The van der Waals surface area contributed by atoms with Gasteiger partial charge < -0.3 is 19.7 Å². The number of morpholine rings is 1. The molecule has 1 aromatic rings. The van der Waals surface area contributed by atoms with Crippen molar-refractivity contribution in [1.29, 1.82) is 0 Å². The standard InChI is InChI=1S/C20H32N4O2.HI/c1-3-21-20(22-10-12-25-4-2)24-15-18-19(16-24)26-13-11-23(18)14-17-8-6-5-7-9-17;/h5-9,18-19H,3-4,10-16H2,1-2H3,(H,21,22);1H. The molecule has 0 saturated carbocycles. The second-order valence-electron chi connectivity index (χ2n) is 6.77. The molecule has 0 spiro atoms. The van der Waals surface area contributed by atoms with E-state index in [4.69, 9.17) is 14.5 Å². The molecule has 3 rings (SSSR count). The average Bonchev–Trinajstić information content (AvgIpc) is 3.10. The highest BCUT2D eigenvalue weighted by Gasteiger charge is 2.41. The van der Waals surface area contributed by atoms with Crippen LogP contribution in [-0.4, -0.2) is 80.4 Å². The van der Waals surface area contributed by atoms with E-state index >= 15 is 0 Å². The smallest absolute Gasteiger partial charge is 0.194 e. The van der Waals surface area contributed by atoms with E-state index < -0.39 is 0 Å². The summed E-state index contributed by atoms with van der Waals surface area (Å²) >= 11 is 0. The monoisotopic (exact) mass is 488 g/mol. The molecule has 2 unspecified atom stereocenters. The second-order valence-corrected chi connectivity index (χ2v) is 6.77. The van der Waals surface area contributed by atoms with E-state index in [1.807, 2.05) is 6.92 Å². The van der Waals surface area contributed by atoms with Crippen molar-refractivity contribution in [2.24, 2.45) is 4.99 Å². The summed E-state index contributed by atoms with van der Waals surface area (Å²) in [6, 6.07) is 11.1. The number of nitrogens with one attached hydrogen (secondary N) is 1. The molecule has 0 amide bonds. The molecule has 27 heavy (non-hydrogen) atoms. The van der Waals surface area contributed by atoms with Gasteiger partial charge in [0.25, 0.3) is 0 Å². The molecule has 2 aliphatic heterocycles. The highest BCUT2D eigenvalue weighted by molar-refractivity contribution is 14.0. The Morgan fingerprint density at radius 3 is 2.81 bits per heavy atom. The lowest BCUT2D eigenvalue weighted by molar-refractivity contribution is -0.0502. The molecular weight excluding hydrogens is 455 g/mol. The predicted molar refractivity (Wildman–Crippen MR) is 120 cm³/mol. The second kappa shape index (κ2) is 11.8. The van der Waals surface area contributed by atoms with Crippen molar-refractivity contribution in [2.45, 2.75) is 32.5 Å². The van der Waals surface area contributed by atoms with Gasteiger partial charge in [-0.25, -0.2) is 0 Å². The van der Waals surface area contributed by atoms with Crippen molar-refractivity contribution >= 4 is 29.9 Å². The van der Waals surface area contributed by atoms with Crippen LogP contribution in [0.5, 0.6) is 0 Å². The lowest BCUT2D eigenvalue weighted by Crippen LogP contribution is -2.50. The number of aliphatic imine (C=N–C) groups is 1. The van der Waals surface area contributed by atoms with Crippen LogP contribution in [0.2, 0.25) is 0 Å². The predicted octanol–water partition coefficient (Wildman–Crippen LogP) is 2.19. The van der Waals surface area contributed by atoms with Crippen molar-refractivity contribution < 1.29 is 9.47 Å². The molecule has 0 aromatic heterocycles. The minimum atomic E-state index is 0. The minimum Gasteiger partial charge on any atom is -0.380 e. The van der Waals surface area contributed by atoms with E-state index in [1.54, 1.807) is 0 Å². The van der Waals surface area contributed by atoms with Crippen LogP contribution < -0.4 is 5.32 Å². The minimum absolute atomic E-state index is 0. The zero-order chi connectivity index (χ0) is 18.2. The zero-order valence-corrected chi connectivity index (χ0v) is 18.8. The van der Waals surface area contributed by atoms with Crippen LogP contribution in [0.1, 0.15) is 19.4 Å². The molecule has 7 heteroatoms. The van der Waals surface area contributed by atoms with Gasteiger partial charge in [-0.15, -0.1) is 24.0 Å². The van der Waals surface area contributed by atoms with E-state index in [0.29, 0.717) is 19.2 Å². The molecule has 2 atom stereocenters. The molecular formula is C20H33IN4O2. The van der Waals surface area contributed by atoms with Gasteiger partial charge in [0.2, 0.25) is 0 Å². The molecule has 152 valence electrons. The van der Waals surface area contributed by atoms with Gasteiger partial charge in [0.15, 0.2) is 5.96 Å². The van der Waals surface area contributed by atoms with Crippen LogP contribution in [0.25, 0.3) is 0 Å². The van der Waals surface area contributed by atoms with Crippen LogP contribution in [0, 0.1) is 0 Å². The normalized spacial score (nSPS) is 23.0. The Balaban J connectivity index is 0.00000261. The number of nitrogens with zero attached hydrogens (tertiary/aromatic N) is 3. The Morgan fingerprint density at radius 1 is 1.26 bits per heavy atom. The summed E-state index contributed by atoms with van der Waals surface area (Å²) in [4.78, 5) is 9.64. The lowest BCUT2D eigenvalue weighted by atomic mass is 10.1. The summed E-state index contributed by atoms with van der Waals surface area (Å²) in [6.45, 7) is 11.7. The van der Waals surface area contributed by atoms with Crippen molar-refractivity contribution in [3.63, 3.8) is 0 Å². The van der Waals surface area contributed by atoms with Gasteiger partial charge in [-0.05, 0) is 19.4 Å². The molecule has 2 heterocycles. The third-order valence-electron chi connectivity index (χ3n) is 4.98. The number of benzene rings is 1. The number of hydrogen-bond donors (Lipinski definition) is 1. The molecule has 0 aliphatic carbocycles. The Morgan fingerprint density at radius 2 is 2.07 bits per heavy atom. The average molecular weight is 488 g/mol. The SMILES string of the molecule is CCNC(=NCCOCC)N1CC2OCCN(Cc3ccccc3)C2C1.I. The van der Waals surface area contributed by atoms with Crippen molar-refractivity contribution in [3.8, 4) is 0 Å². The highest BCUT2D eigenvalue weighted by Crippen LogP contribution is 2.24. The summed E-state index contributed by atoms with van der Waals surface area (Å²) < 4.78 is 11.5. The van der Waals surface area contributed by atoms with Gasteiger partial charge in [-0.1, -0.05) is 30.3 Å². The third kappa shape index (κ3) is 6.30. The lowest BCUT2D eigenvalue weighted by Gasteiger charge is -2.36. The number of fused-ring (bicyclic) bond motifs is 1. The number of likely N-dealkylation sites (tertiary alicyclic amines) is 1. The van der Waals surface area contributed by atoms with Crippen molar-refractivity contribution in [1.82, 2.24) is 15.1 Å². The van der Waals surface area contributed by atoms with E-state index in [1.165, 1.54) is 5.56 Å². The molecule has 6 nitrogen and oxygen atoms in total. The summed E-state index contributed by atoms with van der Waals surface area (Å²) in [5, 5.41) is 3.42. The quantitative estimate of drug-likeness (QED) is 0.276. The molecule has 0 radical (unpaired) electrons. The van der Waals surface area contributed by atoms with E-state index in [9.17, 15) is 0 Å². The van der Waals surface area contributed by atoms with E-state index in [-0.39, 0.29) is 30.1 Å². The maximum atomic E-state index is 6.08. The first-order valence-corrected chi connectivity index (χ1v) is 9.82. The van der Waals surface area contributed by atoms with Gasteiger partial charge in [-0.2, -0.15) is 0 Å². The Hall–Kier alpha value is -0.900. The molecule has 2 fully saturated rings. The summed E-state index contributed by atoms with van der Waals surface area (Å²) in [5.41, 5.74) is 1.36. The summed E-state index contributed by atoms with van der Waals surface area (Å²) in [7, 11) is 0. The van der Waals surface area contributed by atoms with Crippen LogP contribution in [0.15, 0.2) is 35.3 Å². The molecule has 1 N–H and O–H groups in total.